The van der Waals surface area contributed by atoms with Gasteiger partial charge < -0.3 is 4.74 Å². The summed E-state index contributed by atoms with van der Waals surface area (Å²) < 4.78 is 7.92. The van der Waals surface area contributed by atoms with E-state index in [0.717, 1.165) is 15.8 Å². The molecule has 0 aliphatic carbocycles. The zero-order valence-electron chi connectivity index (χ0n) is 10.6. The molecular formula is C12H14BrN3O2S. The maximum absolute atomic E-state index is 11.5. The maximum atomic E-state index is 11.5. The second kappa shape index (κ2) is 6.29. The van der Waals surface area contributed by atoms with Crippen LogP contribution in [0.15, 0.2) is 32.6 Å². The van der Waals surface area contributed by atoms with E-state index in [1.165, 1.54) is 11.8 Å². The molecular weight excluding hydrogens is 330 g/mol. The van der Waals surface area contributed by atoms with Crippen molar-refractivity contribution in [2.75, 3.05) is 7.11 Å². The van der Waals surface area contributed by atoms with E-state index >= 15 is 0 Å². The lowest BCUT2D eigenvalue weighted by Crippen LogP contribution is -2.16. The maximum Gasteiger partial charge on any atom is 0.343 e. The van der Waals surface area contributed by atoms with Gasteiger partial charge in [0.05, 0.1) is 7.11 Å². The molecule has 7 heteroatoms. The van der Waals surface area contributed by atoms with Crippen molar-refractivity contribution in [2.45, 2.75) is 24.4 Å². The van der Waals surface area contributed by atoms with Crippen LogP contribution in [-0.4, -0.2) is 21.9 Å². The number of benzene rings is 1. The fourth-order valence-corrected chi connectivity index (χ4v) is 3.09. The molecule has 0 aliphatic rings. The minimum Gasteiger partial charge on any atom is -0.496 e. The van der Waals surface area contributed by atoms with E-state index in [1.807, 2.05) is 25.1 Å². The summed E-state index contributed by atoms with van der Waals surface area (Å²) in [7, 11) is 1.65. The number of methoxy groups -OCH3 is 1. The van der Waals surface area contributed by atoms with E-state index in [4.69, 9.17) is 4.74 Å². The zero-order valence-corrected chi connectivity index (χ0v) is 13.0. The Labute approximate surface area is 123 Å². The molecule has 0 fully saturated rings. The van der Waals surface area contributed by atoms with E-state index < -0.39 is 0 Å². The highest BCUT2D eigenvalue weighted by Crippen LogP contribution is 2.28. The number of rotatable bonds is 5. The lowest BCUT2D eigenvalue weighted by atomic mass is 10.2. The molecule has 102 valence electrons. The minimum absolute atomic E-state index is 0.175. The molecule has 19 heavy (non-hydrogen) atoms. The van der Waals surface area contributed by atoms with Crippen LogP contribution in [0.3, 0.4) is 0 Å². The van der Waals surface area contributed by atoms with Gasteiger partial charge in [-0.05, 0) is 25.1 Å². The summed E-state index contributed by atoms with van der Waals surface area (Å²) in [5.74, 6) is 1.52. The molecule has 0 aliphatic heterocycles. The molecule has 0 spiro atoms. The van der Waals surface area contributed by atoms with E-state index in [1.54, 1.807) is 11.7 Å². The molecule has 0 atom stereocenters. The van der Waals surface area contributed by atoms with Crippen LogP contribution in [0.4, 0.5) is 0 Å². The van der Waals surface area contributed by atoms with Gasteiger partial charge in [0.1, 0.15) is 5.75 Å². The van der Waals surface area contributed by atoms with Crippen LogP contribution >= 0.6 is 27.7 Å². The molecule has 2 rings (SSSR count). The predicted molar refractivity (Wildman–Crippen MR) is 78.8 cm³/mol. The third kappa shape index (κ3) is 3.22. The molecule has 0 unspecified atom stereocenters. The first kappa shape index (κ1) is 14.2. The number of thioether (sulfide) groups is 1. The zero-order chi connectivity index (χ0) is 13.8. The van der Waals surface area contributed by atoms with E-state index in [0.29, 0.717) is 17.5 Å². The van der Waals surface area contributed by atoms with Gasteiger partial charge in [-0.25, -0.2) is 9.89 Å². The summed E-state index contributed by atoms with van der Waals surface area (Å²) in [6, 6.07) is 5.85. The first-order valence-electron chi connectivity index (χ1n) is 5.76. The monoisotopic (exact) mass is 343 g/mol. The van der Waals surface area contributed by atoms with Crippen molar-refractivity contribution >= 4 is 27.7 Å². The largest absolute Gasteiger partial charge is 0.496 e. The number of halogens is 1. The molecule has 0 saturated heterocycles. The number of aromatic amines is 1. The molecule has 1 N–H and O–H groups in total. The van der Waals surface area contributed by atoms with Gasteiger partial charge in [-0.2, -0.15) is 0 Å². The van der Waals surface area contributed by atoms with Crippen LogP contribution < -0.4 is 10.4 Å². The molecule has 0 radical (unpaired) electrons. The third-order valence-electron chi connectivity index (χ3n) is 2.64. The lowest BCUT2D eigenvalue weighted by Gasteiger charge is -2.08. The van der Waals surface area contributed by atoms with Crippen molar-refractivity contribution in [2.24, 2.45) is 0 Å². The van der Waals surface area contributed by atoms with Crippen molar-refractivity contribution < 1.29 is 4.74 Å². The quantitative estimate of drug-likeness (QED) is 0.848. The summed E-state index contributed by atoms with van der Waals surface area (Å²) in [5.41, 5.74) is 0.881. The second-order valence-electron chi connectivity index (χ2n) is 3.80. The number of ether oxygens (including phenoxy) is 1. The molecule has 1 aromatic heterocycles. The van der Waals surface area contributed by atoms with Gasteiger partial charge in [-0.3, -0.25) is 4.57 Å². The average molecular weight is 344 g/mol. The minimum atomic E-state index is -0.175. The number of aromatic nitrogens is 3. The number of hydrogen-bond donors (Lipinski definition) is 1. The van der Waals surface area contributed by atoms with Gasteiger partial charge in [0, 0.05) is 22.3 Å². The first-order valence-corrected chi connectivity index (χ1v) is 7.54. The first-order chi connectivity index (χ1) is 9.15. The highest BCUT2D eigenvalue weighted by Gasteiger charge is 2.10. The van der Waals surface area contributed by atoms with Crippen molar-refractivity contribution in [1.82, 2.24) is 14.8 Å². The molecule has 0 saturated carbocycles. The van der Waals surface area contributed by atoms with Crippen molar-refractivity contribution in [1.29, 1.82) is 0 Å². The molecule has 2 aromatic rings. The van der Waals surface area contributed by atoms with Crippen LogP contribution in [0.25, 0.3) is 0 Å². The predicted octanol–water partition coefficient (Wildman–Crippen LogP) is 2.65. The summed E-state index contributed by atoms with van der Waals surface area (Å²) in [6.45, 7) is 2.52. The Bertz CT molecular complexity index is 624. The van der Waals surface area contributed by atoms with Crippen molar-refractivity contribution in [3.05, 3.63) is 38.7 Å². The van der Waals surface area contributed by atoms with E-state index in [2.05, 4.69) is 26.1 Å². The number of nitrogens with one attached hydrogen (secondary N) is 1. The summed E-state index contributed by atoms with van der Waals surface area (Å²) >= 11 is 4.95. The smallest absolute Gasteiger partial charge is 0.343 e. The fourth-order valence-electron chi connectivity index (χ4n) is 1.69. The third-order valence-corrected chi connectivity index (χ3v) is 4.16. The van der Waals surface area contributed by atoms with Gasteiger partial charge in [0.25, 0.3) is 0 Å². The Morgan fingerprint density at radius 3 is 3.00 bits per heavy atom. The Morgan fingerprint density at radius 2 is 2.32 bits per heavy atom. The topological polar surface area (TPSA) is 59.9 Å². The van der Waals surface area contributed by atoms with E-state index in [9.17, 15) is 4.79 Å². The summed E-state index contributed by atoms with van der Waals surface area (Å²) in [6.07, 6.45) is 0. The normalized spacial score (nSPS) is 10.7. The van der Waals surface area contributed by atoms with Crippen molar-refractivity contribution in [3.8, 4) is 5.75 Å². The highest BCUT2D eigenvalue weighted by molar-refractivity contribution is 9.10. The molecule has 1 aromatic carbocycles. The Kier molecular flexibility index (Phi) is 4.71. The van der Waals surface area contributed by atoms with Crippen molar-refractivity contribution in [3.63, 3.8) is 0 Å². The summed E-state index contributed by atoms with van der Waals surface area (Å²) in [5, 5.41) is 7.17. The van der Waals surface area contributed by atoms with Crippen LogP contribution in [-0.2, 0) is 12.3 Å². The lowest BCUT2D eigenvalue weighted by molar-refractivity contribution is 0.411. The highest BCUT2D eigenvalue weighted by atomic mass is 79.9. The average Bonchev–Trinajstić information content (AvgIpc) is 2.77. The second-order valence-corrected chi connectivity index (χ2v) is 5.66. The van der Waals surface area contributed by atoms with Gasteiger partial charge in [0.2, 0.25) is 0 Å². The summed E-state index contributed by atoms with van der Waals surface area (Å²) in [4.78, 5) is 11.5. The molecule has 1 heterocycles. The van der Waals surface area contributed by atoms with Gasteiger partial charge in [-0.15, -0.1) is 5.10 Å². The molecule has 0 amide bonds. The number of hydrogen-bond acceptors (Lipinski definition) is 4. The van der Waals surface area contributed by atoms with Crippen LogP contribution in [0, 0.1) is 0 Å². The van der Waals surface area contributed by atoms with Gasteiger partial charge in [-0.1, -0.05) is 27.7 Å². The SMILES string of the molecule is CCn1c(SCc2cc(Br)ccc2OC)n[nH]c1=O. The Morgan fingerprint density at radius 1 is 1.53 bits per heavy atom. The van der Waals surface area contributed by atoms with Crippen LogP contribution in [0.2, 0.25) is 0 Å². The fraction of sp³-hybridized carbons (Fsp3) is 0.333. The number of nitrogens with zero attached hydrogens (tertiary/aromatic N) is 2. The van der Waals surface area contributed by atoms with Crippen LogP contribution in [0.1, 0.15) is 12.5 Å². The molecule has 5 nitrogen and oxygen atoms in total. The molecule has 0 bridgehead atoms. The Hall–Kier alpha value is -1.21. The number of H-pyrrole nitrogens is 1. The van der Waals surface area contributed by atoms with E-state index in [-0.39, 0.29) is 5.69 Å². The van der Waals surface area contributed by atoms with Gasteiger partial charge in [0.15, 0.2) is 5.16 Å². The Balaban J connectivity index is 2.18. The standard InChI is InChI=1S/C12H14BrN3O2S/c1-3-16-11(17)14-15-12(16)19-7-8-6-9(13)4-5-10(8)18-2/h4-6H,3,7H2,1-2H3,(H,14,17). The van der Waals surface area contributed by atoms with Gasteiger partial charge >= 0.3 is 5.69 Å². The van der Waals surface area contributed by atoms with Crippen LogP contribution in [0.5, 0.6) is 5.75 Å².